The summed E-state index contributed by atoms with van der Waals surface area (Å²) in [4.78, 5) is 9.24. The molecule has 3 unspecified atom stereocenters. The van der Waals surface area contributed by atoms with Gasteiger partial charge in [0.2, 0.25) is 0 Å². The molecule has 3 rings (SSSR count). The topological polar surface area (TPSA) is 54.6 Å². The fraction of sp³-hybridized carbons (Fsp3) is 0.706. The molecule has 2 aliphatic rings. The molecule has 0 amide bonds. The van der Waals surface area contributed by atoms with Crippen LogP contribution >= 0.6 is 12.4 Å². The highest BCUT2D eigenvalue weighted by Gasteiger charge is 2.40. The predicted molar refractivity (Wildman–Crippen MR) is 96.1 cm³/mol. The quantitative estimate of drug-likeness (QED) is 0.855. The molecule has 0 aromatic carbocycles. The Morgan fingerprint density at radius 1 is 1.35 bits per heavy atom. The van der Waals surface area contributed by atoms with Gasteiger partial charge in [-0.3, -0.25) is 4.90 Å². The summed E-state index contributed by atoms with van der Waals surface area (Å²) in [6, 6.07) is 4.72. The van der Waals surface area contributed by atoms with E-state index < -0.39 is 0 Å². The van der Waals surface area contributed by atoms with Crippen LogP contribution in [0.2, 0.25) is 0 Å². The molecule has 1 aliphatic carbocycles. The van der Waals surface area contributed by atoms with Crippen molar-refractivity contribution in [2.45, 2.75) is 25.4 Å². The van der Waals surface area contributed by atoms with Gasteiger partial charge in [0.15, 0.2) is 0 Å². The second-order valence-electron chi connectivity index (χ2n) is 6.80. The number of nitrogens with zero attached hydrogens (tertiary/aromatic N) is 3. The van der Waals surface area contributed by atoms with Crippen LogP contribution in [-0.4, -0.2) is 56.3 Å². The van der Waals surface area contributed by atoms with Crippen molar-refractivity contribution in [3.63, 3.8) is 0 Å². The largest absolute Gasteiger partial charge is 0.383 e. The number of aromatic nitrogens is 1. The molecule has 2 N–H and O–H groups in total. The van der Waals surface area contributed by atoms with Gasteiger partial charge in [-0.15, -0.1) is 12.4 Å². The SMILES string of the molecule is COCCN(C)c1ccc(CN2CC3CCC(N)C3C2)cn1.Cl. The highest BCUT2D eigenvalue weighted by molar-refractivity contribution is 5.85. The summed E-state index contributed by atoms with van der Waals surface area (Å²) >= 11 is 0. The molecule has 5 nitrogen and oxygen atoms in total. The van der Waals surface area contributed by atoms with E-state index in [1.54, 1.807) is 7.11 Å². The first-order valence-corrected chi connectivity index (χ1v) is 8.30. The summed E-state index contributed by atoms with van der Waals surface area (Å²) in [5.74, 6) is 2.54. The molecule has 0 radical (unpaired) electrons. The van der Waals surface area contributed by atoms with Crippen molar-refractivity contribution < 1.29 is 4.74 Å². The Hall–Kier alpha value is -0.880. The number of pyridine rings is 1. The maximum atomic E-state index is 6.21. The second-order valence-corrected chi connectivity index (χ2v) is 6.80. The molecule has 130 valence electrons. The summed E-state index contributed by atoms with van der Waals surface area (Å²) in [5.41, 5.74) is 7.50. The molecule has 23 heavy (non-hydrogen) atoms. The van der Waals surface area contributed by atoms with Crippen LogP contribution < -0.4 is 10.6 Å². The molecule has 1 aromatic heterocycles. The van der Waals surface area contributed by atoms with Gasteiger partial charge in [-0.25, -0.2) is 4.98 Å². The minimum absolute atomic E-state index is 0. The first-order valence-electron chi connectivity index (χ1n) is 8.30. The monoisotopic (exact) mass is 340 g/mol. The fourth-order valence-corrected chi connectivity index (χ4v) is 3.87. The van der Waals surface area contributed by atoms with E-state index in [2.05, 4.69) is 26.9 Å². The number of hydrogen-bond acceptors (Lipinski definition) is 5. The summed E-state index contributed by atoms with van der Waals surface area (Å²) in [5, 5.41) is 0. The van der Waals surface area contributed by atoms with E-state index in [0.717, 1.165) is 38.0 Å². The smallest absolute Gasteiger partial charge is 0.128 e. The fourth-order valence-electron chi connectivity index (χ4n) is 3.87. The van der Waals surface area contributed by atoms with Gasteiger partial charge < -0.3 is 15.4 Å². The molecule has 1 saturated carbocycles. The summed E-state index contributed by atoms with van der Waals surface area (Å²) in [6.07, 6.45) is 4.53. The normalized spacial score (nSPS) is 26.8. The van der Waals surface area contributed by atoms with E-state index in [4.69, 9.17) is 10.5 Å². The maximum absolute atomic E-state index is 6.21. The van der Waals surface area contributed by atoms with Crippen LogP contribution in [0.3, 0.4) is 0 Å². The number of methoxy groups -OCH3 is 1. The number of ether oxygens (including phenoxy) is 1. The summed E-state index contributed by atoms with van der Waals surface area (Å²) < 4.78 is 5.10. The van der Waals surface area contributed by atoms with Crippen molar-refractivity contribution in [3.05, 3.63) is 23.9 Å². The molecule has 2 fully saturated rings. The van der Waals surface area contributed by atoms with Crippen LogP contribution in [0.5, 0.6) is 0 Å². The number of likely N-dealkylation sites (tertiary alicyclic amines) is 1. The maximum Gasteiger partial charge on any atom is 0.128 e. The molecule has 6 heteroatoms. The van der Waals surface area contributed by atoms with Crippen LogP contribution in [0.25, 0.3) is 0 Å². The molecule has 1 aromatic rings. The molecular weight excluding hydrogens is 312 g/mol. The average Bonchev–Trinajstić information content (AvgIpc) is 3.07. The van der Waals surface area contributed by atoms with Crippen LogP contribution in [0.1, 0.15) is 18.4 Å². The third kappa shape index (κ3) is 4.35. The number of anilines is 1. The Bertz CT molecular complexity index is 484. The lowest BCUT2D eigenvalue weighted by Gasteiger charge is -2.20. The van der Waals surface area contributed by atoms with Gasteiger partial charge in [0.25, 0.3) is 0 Å². The zero-order valence-corrected chi connectivity index (χ0v) is 15.0. The van der Waals surface area contributed by atoms with Gasteiger partial charge in [-0.2, -0.15) is 0 Å². The minimum Gasteiger partial charge on any atom is -0.383 e. The lowest BCUT2D eigenvalue weighted by molar-refractivity contribution is 0.206. The van der Waals surface area contributed by atoms with Crippen molar-refractivity contribution in [2.24, 2.45) is 17.6 Å². The zero-order chi connectivity index (χ0) is 15.5. The molecule has 1 aliphatic heterocycles. The first-order chi connectivity index (χ1) is 10.7. The number of halogens is 1. The number of hydrogen-bond donors (Lipinski definition) is 1. The second kappa shape index (κ2) is 8.29. The Kier molecular flexibility index (Phi) is 6.65. The standard InChI is InChI=1S/C17H28N4O.ClH/c1-20(7-8-22-2)17-6-3-13(9-19-17)10-21-11-14-4-5-16(18)15(14)12-21;/h3,6,9,14-16H,4-5,7-8,10-12,18H2,1-2H3;1H. The predicted octanol–water partition coefficient (Wildman–Crippen LogP) is 1.76. The Morgan fingerprint density at radius 3 is 2.83 bits per heavy atom. The molecule has 0 bridgehead atoms. The van der Waals surface area contributed by atoms with Crippen molar-refractivity contribution >= 4 is 18.2 Å². The lowest BCUT2D eigenvalue weighted by Crippen LogP contribution is -2.30. The van der Waals surface area contributed by atoms with Gasteiger partial charge in [0, 0.05) is 52.6 Å². The van der Waals surface area contributed by atoms with Crippen molar-refractivity contribution in [1.29, 1.82) is 0 Å². The van der Waals surface area contributed by atoms with Gasteiger partial charge in [0.05, 0.1) is 6.61 Å². The molecule has 2 heterocycles. The lowest BCUT2D eigenvalue weighted by atomic mass is 9.98. The molecule has 0 spiro atoms. The Morgan fingerprint density at radius 2 is 2.17 bits per heavy atom. The highest BCUT2D eigenvalue weighted by Crippen LogP contribution is 2.37. The van der Waals surface area contributed by atoms with Gasteiger partial charge in [-0.05, 0) is 36.3 Å². The first kappa shape index (κ1) is 18.5. The van der Waals surface area contributed by atoms with Crippen molar-refractivity contribution in [3.8, 4) is 0 Å². The number of nitrogens with two attached hydrogens (primary N) is 1. The highest BCUT2D eigenvalue weighted by atomic mass is 35.5. The Balaban J connectivity index is 0.00000192. The van der Waals surface area contributed by atoms with E-state index in [-0.39, 0.29) is 12.4 Å². The van der Waals surface area contributed by atoms with Crippen molar-refractivity contribution in [2.75, 3.05) is 45.3 Å². The van der Waals surface area contributed by atoms with Crippen LogP contribution in [0, 0.1) is 11.8 Å². The van der Waals surface area contributed by atoms with Crippen LogP contribution in [0.4, 0.5) is 5.82 Å². The summed E-state index contributed by atoms with van der Waals surface area (Å²) in [6.45, 7) is 4.93. The van der Waals surface area contributed by atoms with E-state index in [1.807, 2.05) is 13.2 Å². The summed E-state index contributed by atoms with van der Waals surface area (Å²) in [7, 11) is 3.77. The molecular formula is C17H29ClN4O. The van der Waals surface area contributed by atoms with Gasteiger partial charge in [-0.1, -0.05) is 6.07 Å². The van der Waals surface area contributed by atoms with E-state index >= 15 is 0 Å². The minimum atomic E-state index is 0. The average molecular weight is 341 g/mol. The van der Waals surface area contributed by atoms with E-state index in [9.17, 15) is 0 Å². The third-order valence-electron chi connectivity index (χ3n) is 5.23. The Labute approximate surface area is 145 Å². The third-order valence-corrected chi connectivity index (χ3v) is 5.23. The molecule has 3 atom stereocenters. The van der Waals surface area contributed by atoms with Crippen LogP contribution in [-0.2, 0) is 11.3 Å². The number of likely N-dealkylation sites (N-methyl/N-ethyl adjacent to an activating group) is 1. The molecule has 1 saturated heterocycles. The van der Waals surface area contributed by atoms with Gasteiger partial charge >= 0.3 is 0 Å². The van der Waals surface area contributed by atoms with Crippen molar-refractivity contribution in [1.82, 2.24) is 9.88 Å². The van der Waals surface area contributed by atoms with Crippen LogP contribution in [0.15, 0.2) is 18.3 Å². The number of rotatable bonds is 6. The van der Waals surface area contributed by atoms with E-state index in [1.165, 1.54) is 24.9 Å². The van der Waals surface area contributed by atoms with Gasteiger partial charge in [0.1, 0.15) is 5.82 Å². The van der Waals surface area contributed by atoms with E-state index in [0.29, 0.717) is 12.0 Å². The number of fused-ring (bicyclic) bond motifs is 1. The zero-order valence-electron chi connectivity index (χ0n) is 14.1.